The van der Waals surface area contributed by atoms with Crippen LogP contribution in [-0.4, -0.2) is 79.9 Å². The summed E-state index contributed by atoms with van der Waals surface area (Å²) in [4.78, 5) is 27.5. The average molecular weight is 301 g/mol. The minimum atomic E-state index is -1.06. The van der Waals surface area contributed by atoms with Gasteiger partial charge in [0.1, 0.15) is 5.41 Å². The fourth-order valence-electron chi connectivity index (χ4n) is 2.23. The van der Waals surface area contributed by atoms with Gasteiger partial charge in [-0.1, -0.05) is 6.92 Å². The van der Waals surface area contributed by atoms with Gasteiger partial charge in [0, 0.05) is 19.6 Å². The third-order valence-electron chi connectivity index (χ3n) is 3.84. The van der Waals surface area contributed by atoms with E-state index in [0.717, 1.165) is 13.0 Å². The van der Waals surface area contributed by atoms with Crippen molar-refractivity contribution in [2.45, 2.75) is 26.3 Å². The zero-order valence-corrected chi connectivity index (χ0v) is 13.4. The Morgan fingerprint density at radius 1 is 1.33 bits per heavy atom. The second-order valence-corrected chi connectivity index (χ2v) is 6.03. The van der Waals surface area contributed by atoms with Crippen molar-refractivity contribution in [2.75, 3.05) is 46.9 Å². The van der Waals surface area contributed by atoms with Gasteiger partial charge in [0.2, 0.25) is 0 Å². The van der Waals surface area contributed by atoms with E-state index < -0.39 is 17.4 Å². The second kappa shape index (κ2) is 7.61. The maximum atomic E-state index is 12.4. The maximum absolute atomic E-state index is 12.4. The maximum Gasteiger partial charge on any atom is 0.317 e. The molecule has 0 aromatic heterocycles. The third kappa shape index (κ3) is 4.57. The molecular weight excluding hydrogens is 274 g/mol. The van der Waals surface area contributed by atoms with Crippen LogP contribution in [0.2, 0.25) is 0 Å². The Bertz CT molecular complexity index is 375. The van der Waals surface area contributed by atoms with Gasteiger partial charge in [-0.15, -0.1) is 0 Å². The summed E-state index contributed by atoms with van der Waals surface area (Å²) in [6.45, 7) is 6.01. The van der Waals surface area contributed by atoms with Crippen molar-refractivity contribution in [1.82, 2.24) is 15.1 Å². The van der Waals surface area contributed by atoms with Crippen LogP contribution in [0.4, 0.5) is 4.79 Å². The highest BCUT2D eigenvalue weighted by atomic mass is 16.5. The molecule has 1 rings (SSSR count). The highest BCUT2D eigenvalue weighted by Gasteiger charge is 2.47. The van der Waals surface area contributed by atoms with Crippen LogP contribution >= 0.6 is 0 Å². The SMILES string of the molecule is CCCN(CCN(C)C)C(=O)NC1COCC1(C)C(=O)O. The van der Waals surface area contributed by atoms with Crippen molar-refractivity contribution in [3.05, 3.63) is 0 Å². The number of hydrogen-bond donors (Lipinski definition) is 2. The topological polar surface area (TPSA) is 82.1 Å². The van der Waals surface area contributed by atoms with E-state index in [1.54, 1.807) is 11.8 Å². The number of nitrogens with zero attached hydrogens (tertiary/aromatic N) is 2. The Kier molecular flexibility index (Phi) is 6.42. The number of amides is 2. The molecule has 0 radical (unpaired) electrons. The molecule has 0 aromatic rings. The van der Waals surface area contributed by atoms with Crippen LogP contribution in [0, 0.1) is 5.41 Å². The quantitative estimate of drug-likeness (QED) is 0.714. The number of urea groups is 1. The molecule has 2 atom stereocenters. The number of carbonyl (C=O) groups is 2. The van der Waals surface area contributed by atoms with Crippen molar-refractivity contribution < 1.29 is 19.4 Å². The van der Waals surface area contributed by atoms with Crippen LogP contribution in [0.25, 0.3) is 0 Å². The molecule has 7 nitrogen and oxygen atoms in total. The number of nitrogens with one attached hydrogen (secondary N) is 1. The normalized spacial score (nSPS) is 25.1. The molecule has 1 saturated heterocycles. The molecule has 0 bridgehead atoms. The molecule has 1 aliphatic heterocycles. The van der Waals surface area contributed by atoms with E-state index in [9.17, 15) is 14.7 Å². The summed E-state index contributed by atoms with van der Waals surface area (Å²) in [5.74, 6) is -0.944. The molecule has 0 aliphatic carbocycles. The van der Waals surface area contributed by atoms with Crippen molar-refractivity contribution in [1.29, 1.82) is 0 Å². The van der Waals surface area contributed by atoms with Crippen LogP contribution in [-0.2, 0) is 9.53 Å². The fourth-order valence-corrected chi connectivity index (χ4v) is 2.23. The fraction of sp³-hybridized carbons (Fsp3) is 0.857. The molecule has 122 valence electrons. The number of carboxylic acids is 1. The molecule has 0 spiro atoms. The summed E-state index contributed by atoms with van der Waals surface area (Å²) in [5.41, 5.74) is -1.06. The minimum absolute atomic E-state index is 0.124. The molecule has 2 N–H and O–H groups in total. The Balaban J connectivity index is 2.65. The molecule has 1 aliphatic rings. The first kappa shape index (κ1) is 17.7. The summed E-state index contributed by atoms with van der Waals surface area (Å²) in [6.07, 6.45) is 0.859. The van der Waals surface area contributed by atoms with E-state index in [-0.39, 0.29) is 19.2 Å². The van der Waals surface area contributed by atoms with Gasteiger partial charge >= 0.3 is 12.0 Å². The van der Waals surface area contributed by atoms with E-state index in [4.69, 9.17) is 4.74 Å². The summed E-state index contributed by atoms with van der Waals surface area (Å²) in [7, 11) is 3.91. The van der Waals surface area contributed by atoms with Crippen molar-refractivity contribution >= 4 is 12.0 Å². The molecule has 21 heavy (non-hydrogen) atoms. The average Bonchev–Trinajstić information content (AvgIpc) is 2.77. The molecule has 2 unspecified atom stereocenters. The number of carboxylic acid groups (broad SMARTS) is 1. The zero-order valence-electron chi connectivity index (χ0n) is 13.4. The Morgan fingerprint density at radius 2 is 2.00 bits per heavy atom. The molecule has 0 aromatic carbocycles. The van der Waals surface area contributed by atoms with Gasteiger partial charge in [-0.3, -0.25) is 4.79 Å². The van der Waals surface area contributed by atoms with Gasteiger partial charge in [0.15, 0.2) is 0 Å². The number of likely N-dealkylation sites (N-methyl/N-ethyl adjacent to an activating group) is 1. The lowest BCUT2D eigenvalue weighted by Gasteiger charge is -2.30. The number of hydrogen-bond acceptors (Lipinski definition) is 4. The van der Waals surface area contributed by atoms with E-state index in [1.807, 2.05) is 25.9 Å². The summed E-state index contributed by atoms with van der Waals surface area (Å²) >= 11 is 0. The van der Waals surface area contributed by atoms with E-state index in [1.165, 1.54) is 0 Å². The predicted octanol–water partition coefficient (Wildman–Crippen LogP) is 0.459. The van der Waals surface area contributed by atoms with Crippen LogP contribution in [0.5, 0.6) is 0 Å². The number of carbonyl (C=O) groups excluding carboxylic acids is 1. The first-order valence-corrected chi connectivity index (χ1v) is 7.32. The minimum Gasteiger partial charge on any atom is -0.481 e. The van der Waals surface area contributed by atoms with Crippen LogP contribution < -0.4 is 5.32 Å². The molecule has 2 amide bonds. The zero-order chi connectivity index (χ0) is 16.0. The van der Waals surface area contributed by atoms with E-state index >= 15 is 0 Å². The lowest BCUT2D eigenvalue weighted by Crippen LogP contribution is -2.54. The standard InChI is InChI=1S/C14H27N3O4/c1-5-6-17(8-7-16(3)4)13(20)15-11-9-21-10-14(11,2)12(18)19/h11H,5-10H2,1-4H3,(H,15,20)(H,18,19). The van der Waals surface area contributed by atoms with E-state index in [2.05, 4.69) is 5.32 Å². The third-order valence-corrected chi connectivity index (χ3v) is 3.84. The van der Waals surface area contributed by atoms with Crippen LogP contribution in [0.3, 0.4) is 0 Å². The van der Waals surface area contributed by atoms with Crippen LogP contribution in [0.15, 0.2) is 0 Å². The van der Waals surface area contributed by atoms with Gasteiger partial charge in [-0.2, -0.15) is 0 Å². The number of aliphatic carboxylic acids is 1. The molecular formula is C14H27N3O4. The Hall–Kier alpha value is -1.34. The van der Waals surface area contributed by atoms with Gasteiger partial charge < -0.3 is 25.0 Å². The van der Waals surface area contributed by atoms with Crippen molar-refractivity contribution in [3.8, 4) is 0 Å². The Labute approximate surface area is 126 Å². The summed E-state index contributed by atoms with van der Waals surface area (Å²) in [5, 5.41) is 12.1. The van der Waals surface area contributed by atoms with Gasteiger partial charge in [-0.25, -0.2) is 4.79 Å². The first-order chi connectivity index (χ1) is 9.81. The van der Waals surface area contributed by atoms with Crippen molar-refractivity contribution in [2.24, 2.45) is 5.41 Å². The summed E-state index contributed by atoms with van der Waals surface area (Å²) < 4.78 is 5.25. The largest absolute Gasteiger partial charge is 0.481 e. The second-order valence-electron chi connectivity index (χ2n) is 6.03. The van der Waals surface area contributed by atoms with Gasteiger partial charge in [-0.05, 0) is 27.4 Å². The smallest absolute Gasteiger partial charge is 0.317 e. The van der Waals surface area contributed by atoms with E-state index in [0.29, 0.717) is 13.1 Å². The predicted molar refractivity (Wildman–Crippen MR) is 79.3 cm³/mol. The first-order valence-electron chi connectivity index (χ1n) is 7.32. The summed E-state index contributed by atoms with van der Waals surface area (Å²) in [6, 6.07) is -0.720. The Morgan fingerprint density at radius 3 is 2.52 bits per heavy atom. The lowest BCUT2D eigenvalue weighted by atomic mass is 9.85. The number of ether oxygens (including phenoxy) is 1. The lowest BCUT2D eigenvalue weighted by molar-refractivity contribution is -0.148. The molecule has 7 heteroatoms. The van der Waals surface area contributed by atoms with Crippen molar-refractivity contribution in [3.63, 3.8) is 0 Å². The molecule has 0 saturated carbocycles. The van der Waals surface area contributed by atoms with Crippen LogP contribution in [0.1, 0.15) is 20.3 Å². The number of rotatable bonds is 7. The molecule has 1 fully saturated rings. The monoisotopic (exact) mass is 301 g/mol. The molecule has 1 heterocycles. The van der Waals surface area contributed by atoms with Gasteiger partial charge in [0.05, 0.1) is 19.3 Å². The highest BCUT2D eigenvalue weighted by molar-refractivity contribution is 5.79. The van der Waals surface area contributed by atoms with Gasteiger partial charge in [0.25, 0.3) is 0 Å². The highest BCUT2D eigenvalue weighted by Crippen LogP contribution is 2.28.